The first-order chi connectivity index (χ1) is 5.45. The summed E-state index contributed by atoms with van der Waals surface area (Å²) in [6, 6.07) is 0. The number of primary amides is 1. The molecule has 0 spiro atoms. The molecule has 5 nitrogen and oxygen atoms in total. The van der Waals surface area contributed by atoms with Crippen LogP contribution in [-0.4, -0.2) is 18.2 Å². The third kappa shape index (κ3) is 3.60. The smallest absolute Gasteiger partial charge is 0.236 e. The molecule has 0 unspecified atom stereocenters. The summed E-state index contributed by atoms with van der Waals surface area (Å²) < 4.78 is 0. The van der Waals surface area contributed by atoms with Gasteiger partial charge in [-0.05, 0) is 6.92 Å². The number of ketones is 1. The molecule has 5 heteroatoms. The SMILES string of the molecule is CC(=O)/C(NCC(N)=O)=C(\C)N. The van der Waals surface area contributed by atoms with Gasteiger partial charge in [0.1, 0.15) is 0 Å². The van der Waals surface area contributed by atoms with Crippen LogP contribution in [0, 0.1) is 0 Å². The van der Waals surface area contributed by atoms with E-state index in [1.54, 1.807) is 6.92 Å². The van der Waals surface area contributed by atoms with Gasteiger partial charge in [-0.2, -0.15) is 0 Å². The van der Waals surface area contributed by atoms with Crippen LogP contribution in [0.5, 0.6) is 0 Å². The lowest BCUT2D eigenvalue weighted by Crippen LogP contribution is -2.31. The number of amides is 1. The standard InChI is InChI=1S/C7H13N3O2/c1-4(8)7(5(2)11)10-3-6(9)12/h10H,3,8H2,1-2H3,(H2,9,12)/b7-4-. The van der Waals surface area contributed by atoms with Gasteiger partial charge in [0.25, 0.3) is 0 Å². The van der Waals surface area contributed by atoms with E-state index in [2.05, 4.69) is 5.32 Å². The zero-order chi connectivity index (χ0) is 9.72. The Balaban J connectivity index is 4.28. The first-order valence-corrected chi connectivity index (χ1v) is 3.44. The van der Waals surface area contributed by atoms with Crippen molar-refractivity contribution >= 4 is 11.7 Å². The number of allylic oxidation sites excluding steroid dienone is 2. The van der Waals surface area contributed by atoms with Crippen LogP contribution in [0.25, 0.3) is 0 Å². The van der Waals surface area contributed by atoms with E-state index in [9.17, 15) is 9.59 Å². The minimum absolute atomic E-state index is 0.0799. The van der Waals surface area contributed by atoms with Crippen LogP contribution in [-0.2, 0) is 9.59 Å². The van der Waals surface area contributed by atoms with E-state index in [-0.39, 0.29) is 18.0 Å². The average molecular weight is 171 g/mol. The summed E-state index contributed by atoms with van der Waals surface area (Å²) in [7, 11) is 0. The van der Waals surface area contributed by atoms with Crippen LogP contribution in [0.3, 0.4) is 0 Å². The topological polar surface area (TPSA) is 98.2 Å². The van der Waals surface area contributed by atoms with Gasteiger partial charge in [-0.3, -0.25) is 9.59 Å². The van der Waals surface area contributed by atoms with Crippen LogP contribution in [0.15, 0.2) is 11.4 Å². The Hall–Kier alpha value is -1.52. The number of hydrogen-bond acceptors (Lipinski definition) is 4. The number of Topliss-reactive ketones (excluding diaryl/α,β-unsaturated/α-hetero) is 1. The summed E-state index contributed by atoms with van der Waals surface area (Å²) in [5.41, 5.74) is 10.8. The molecule has 1 amide bonds. The first-order valence-electron chi connectivity index (χ1n) is 3.44. The third-order valence-corrected chi connectivity index (χ3v) is 1.19. The lowest BCUT2D eigenvalue weighted by Gasteiger charge is -2.06. The molecule has 0 aliphatic heterocycles. The van der Waals surface area contributed by atoms with Crippen molar-refractivity contribution in [3.8, 4) is 0 Å². The van der Waals surface area contributed by atoms with Crippen molar-refractivity contribution in [2.24, 2.45) is 11.5 Å². The van der Waals surface area contributed by atoms with Crippen molar-refractivity contribution in [2.45, 2.75) is 13.8 Å². The minimum Gasteiger partial charge on any atom is -0.401 e. The molecule has 0 rings (SSSR count). The molecule has 0 radical (unpaired) electrons. The van der Waals surface area contributed by atoms with Gasteiger partial charge >= 0.3 is 0 Å². The van der Waals surface area contributed by atoms with Crippen LogP contribution < -0.4 is 16.8 Å². The maximum absolute atomic E-state index is 10.8. The third-order valence-electron chi connectivity index (χ3n) is 1.19. The number of nitrogens with two attached hydrogens (primary N) is 2. The molecular weight excluding hydrogens is 158 g/mol. The van der Waals surface area contributed by atoms with Crippen LogP contribution in [0.1, 0.15) is 13.8 Å². The van der Waals surface area contributed by atoms with E-state index < -0.39 is 5.91 Å². The van der Waals surface area contributed by atoms with Crippen LogP contribution in [0.2, 0.25) is 0 Å². The zero-order valence-corrected chi connectivity index (χ0v) is 7.18. The van der Waals surface area contributed by atoms with Crippen molar-refractivity contribution in [3.63, 3.8) is 0 Å². The predicted molar refractivity (Wildman–Crippen MR) is 44.8 cm³/mol. The van der Waals surface area contributed by atoms with Crippen LogP contribution >= 0.6 is 0 Å². The van der Waals surface area contributed by atoms with Crippen molar-refractivity contribution in [3.05, 3.63) is 11.4 Å². The molecule has 0 saturated heterocycles. The second kappa shape index (κ2) is 4.38. The minimum atomic E-state index is -0.532. The zero-order valence-electron chi connectivity index (χ0n) is 7.18. The molecule has 0 bridgehead atoms. The molecule has 0 fully saturated rings. The van der Waals surface area contributed by atoms with Crippen molar-refractivity contribution < 1.29 is 9.59 Å². The summed E-state index contributed by atoms with van der Waals surface area (Å²) in [5, 5.41) is 2.55. The number of rotatable bonds is 4. The van der Waals surface area contributed by atoms with E-state index in [4.69, 9.17) is 11.5 Å². The summed E-state index contributed by atoms with van der Waals surface area (Å²) >= 11 is 0. The number of hydrogen-bond donors (Lipinski definition) is 3. The molecule has 0 aromatic heterocycles. The number of nitrogens with one attached hydrogen (secondary N) is 1. The quantitative estimate of drug-likeness (QED) is 0.465. The fourth-order valence-corrected chi connectivity index (χ4v) is 0.717. The second-order valence-electron chi connectivity index (χ2n) is 2.43. The molecule has 0 heterocycles. The van der Waals surface area contributed by atoms with E-state index >= 15 is 0 Å². The average Bonchev–Trinajstić information content (AvgIpc) is 1.84. The summed E-state index contributed by atoms with van der Waals surface area (Å²) in [4.78, 5) is 21.2. The fraction of sp³-hybridized carbons (Fsp3) is 0.429. The Morgan fingerprint density at radius 2 is 1.75 bits per heavy atom. The fourth-order valence-electron chi connectivity index (χ4n) is 0.717. The molecule has 12 heavy (non-hydrogen) atoms. The Morgan fingerprint density at radius 1 is 1.25 bits per heavy atom. The van der Waals surface area contributed by atoms with Gasteiger partial charge in [-0.25, -0.2) is 0 Å². The largest absolute Gasteiger partial charge is 0.401 e. The van der Waals surface area contributed by atoms with Crippen molar-refractivity contribution in [1.29, 1.82) is 0 Å². The Kier molecular flexibility index (Phi) is 3.82. The maximum Gasteiger partial charge on any atom is 0.236 e. The van der Waals surface area contributed by atoms with Crippen molar-refractivity contribution in [2.75, 3.05) is 6.54 Å². The highest BCUT2D eigenvalue weighted by Crippen LogP contribution is 1.94. The lowest BCUT2D eigenvalue weighted by atomic mass is 10.2. The van der Waals surface area contributed by atoms with Gasteiger partial charge in [-0.1, -0.05) is 0 Å². The van der Waals surface area contributed by atoms with E-state index in [1.165, 1.54) is 6.92 Å². The maximum atomic E-state index is 10.8. The molecule has 0 aliphatic rings. The lowest BCUT2D eigenvalue weighted by molar-refractivity contribution is -0.117. The molecule has 0 saturated carbocycles. The predicted octanol–water partition coefficient (Wildman–Crippen LogP) is -1.16. The number of carbonyl (C=O) groups excluding carboxylic acids is 2. The Morgan fingerprint density at radius 3 is 2.00 bits per heavy atom. The van der Waals surface area contributed by atoms with Gasteiger partial charge in [0, 0.05) is 12.6 Å². The summed E-state index contributed by atoms with van der Waals surface area (Å²) in [6.07, 6.45) is 0. The monoisotopic (exact) mass is 171 g/mol. The Bertz CT molecular complexity index is 229. The highest BCUT2D eigenvalue weighted by Gasteiger charge is 2.06. The van der Waals surface area contributed by atoms with E-state index in [1.807, 2.05) is 0 Å². The molecular formula is C7H13N3O2. The van der Waals surface area contributed by atoms with Gasteiger partial charge in [-0.15, -0.1) is 0 Å². The normalized spacial score (nSPS) is 11.8. The van der Waals surface area contributed by atoms with E-state index in [0.29, 0.717) is 5.70 Å². The molecule has 68 valence electrons. The van der Waals surface area contributed by atoms with E-state index in [0.717, 1.165) is 0 Å². The van der Waals surface area contributed by atoms with Crippen LogP contribution in [0.4, 0.5) is 0 Å². The molecule has 0 aromatic rings. The molecule has 0 atom stereocenters. The van der Waals surface area contributed by atoms with Crippen molar-refractivity contribution in [1.82, 2.24) is 5.32 Å². The van der Waals surface area contributed by atoms with Gasteiger partial charge in [0.2, 0.25) is 5.91 Å². The highest BCUT2D eigenvalue weighted by atomic mass is 16.1. The molecule has 0 aliphatic carbocycles. The molecule has 5 N–H and O–H groups in total. The summed E-state index contributed by atoms with van der Waals surface area (Å²) in [5.74, 6) is -0.744. The first kappa shape index (κ1) is 10.5. The number of carbonyl (C=O) groups is 2. The van der Waals surface area contributed by atoms with Gasteiger partial charge in [0.15, 0.2) is 5.78 Å². The highest BCUT2D eigenvalue weighted by molar-refractivity contribution is 5.93. The Labute approximate surface area is 70.8 Å². The summed E-state index contributed by atoms with van der Waals surface area (Å²) in [6.45, 7) is 2.86. The second-order valence-corrected chi connectivity index (χ2v) is 2.43. The van der Waals surface area contributed by atoms with Gasteiger partial charge < -0.3 is 16.8 Å². The molecule has 0 aromatic carbocycles. The van der Waals surface area contributed by atoms with Gasteiger partial charge in [0.05, 0.1) is 12.2 Å².